The molecule has 0 heterocycles. The standard InChI is InChI=1S/C14H23N3O2S/c1-4-11-7-6-8-12(5-2)13(11)17-14(15)16-9-10-20(3,18)19/h6-8H,4-5,9-10H2,1-3H3,(H3,15,16,17). The van der Waals surface area contributed by atoms with E-state index in [1.807, 2.05) is 18.2 Å². The topological polar surface area (TPSA) is 84.5 Å². The van der Waals surface area contributed by atoms with Gasteiger partial charge in [0.1, 0.15) is 9.84 Å². The molecule has 3 N–H and O–H groups in total. The molecule has 0 atom stereocenters. The Morgan fingerprint density at radius 3 is 2.25 bits per heavy atom. The molecule has 0 radical (unpaired) electrons. The zero-order chi connectivity index (χ0) is 15.2. The number of benzene rings is 1. The minimum absolute atomic E-state index is 0.00540. The smallest absolute Gasteiger partial charge is 0.193 e. The Kier molecular flexibility index (Phi) is 6.01. The number of para-hydroxylation sites is 1. The molecule has 0 amide bonds. The molecule has 0 spiro atoms. The van der Waals surface area contributed by atoms with E-state index in [-0.39, 0.29) is 18.3 Å². The van der Waals surface area contributed by atoms with Crippen LogP contribution in [0.4, 0.5) is 5.69 Å². The number of aliphatic imine (C=N–C) groups is 1. The zero-order valence-corrected chi connectivity index (χ0v) is 13.1. The number of guanidine groups is 1. The minimum atomic E-state index is -3.01. The van der Waals surface area contributed by atoms with Crippen LogP contribution in [0.2, 0.25) is 0 Å². The quantitative estimate of drug-likeness (QED) is 0.617. The molecule has 112 valence electrons. The maximum atomic E-state index is 11.0. The van der Waals surface area contributed by atoms with Gasteiger partial charge >= 0.3 is 0 Å². The van der Waals surface area contributed by atoms with Crippen molar-refractivity contribution in [2.24, 2.45) is 10.7 Å². The fourth-order valence-electron chi connectivity index (χ4n) is 1.90. The van der Waals surface area contributed by atoms with Gasteiger partial charge in [0.25, 0.3) is 0 Å². The Bertz CT molecular complexity index is 558. The van der Waals surface area contributed by atoms with Crippen LogP contribution in [0.3, 0.4) is 0 Å². The van der Waals surface area contributed by atoms with Crippen LogP contribution >= 0.6 is 0 Å². The number of nitrogens with zero attached hydrogens (tertiary/aromatic N) is 1. The van der Waals surface area contributed by atoms with Crippen LogP contribution in [0, 0.1) is 0 Å². The summed E-state index contributed by atoms with van der Waals surface area (Å²) in [4.78, 5) is 4.06. The summed E-state index contributed by atoms with van der Waals surface area (Å²) in [6.07, 6.45) is 2.98. The van der Waals surface area contributed by atoms with E-state index in [2.05, 4.69) is 24.2 Å². The van der Waals surface area contributed by atoms with Crippen molar-refractivity contribution in [2.75, 3.05) is 23.9 Å². The van der Waals surface area contributed by atoms with Crippen molar-refractivity contribution in [3.63, 3.8) is 0 Å². The number of hydrogen-bond acceptors (Lipinski definition) is 3. The first-order chi connectivity index (χ1) is 9.37. The van der Waals surface area contributed by atoms with Crippen molar-refractivity contribution in [3.8, 4) is 0 Å². The first kappa shape index (κ1) is 16.5. The molecule has 0 aliphatic heterocycles. The molecule has 0 aliphatic carbocycles. The van der Waals surface area contributed by atoms with Gasteiger partial charge in [-0.25, -0.2) is 8.42 Å². The lowest BCUT2D eigenvalue weighted by Crippen LogP contribution is -2.25. The SMILES string of the molecule is CCc1cccc(CC)c1NC(N)=NCCS(C)(=O)=O. The molecule has 20 heavy (non-hydrogen) atoms. The summed E-state index contributed by atoms with van der Waals surface area (Å²) in [5.74, 6) is 0.259. The lowest BCUT2D eigenvalue weighted by Gasteiger charge is -2.14. The van der Waals surface area contributed by atoms with Crippen LogP contribution in [0.5, 0.6) is 0 Å². The molecule has 0 bridgehead atoms. The van der Waals surface area contributed by atoms with Crippen LogP contribution in [0.1, 0.15) is 25.0 Å². The first-order valence-electron chi connectivity index (χ1n) is 6.72. The second-order valence-corrected chi connectivity index (χ2v) is 6.94. The normalized spacial score (nSPS) is 12.4. The molecule has 1 aromatic carbocycles. The number of sulfone groups is 1. The lowest BCUT2D eigenvalue weighted by molar-refractivity contribution is 0.601. The van der Waals surface area contributed by atoms with Crippen molar-refractivity contribution in [1.29, 1.82) is 0 Å². The van der Waals surface area contributed by atoms with Crippen molar-refractivity contribution in [3.05, 3.63) is 29.3 Å². The van der Waals surface area contributed by atoms with Gasteiger partial charge in [0.15, 0.2) is 5.96 Å². The highest BCUT2D eigenvalue weighted by atomic mass is 32.2. The summed E-state index contributed by atoms with van der Waals surface area (Å²) in [6.45, 7) is 4.33. The van der Waals surface area contributed by atoms with Gasteiger partial charge in [-0.2, -0.15) is 0 Å². The highest BCUT2D eigenvalue weighted by Gasteiger charge is 2.07. The number of anilines is 1. The molecular formula is C14H23N3O2S. The number of nitrogens with two attached hydrogens (primary N) is 1. The molecule has 0 saturated carbocycles. The molecule has 0 aromatic heterocycles. The molecule has 1 aromatic rings. The predicted molar refractivity (Wildman–Crippen MR) is 85.0 cm³/mol. The first-order valence-corrected chi connectivity index (χ1v) is 8.78. The van der Waals surface area contributed by atoms with Gasteiger partial charge < -0.3 is 11.1 Å². The Morgan fingerprint density at radius 1 is 1.25 bits per heavy atom. The highest BCUT2D eigenvalue weighted by Crippen LogP contribution is 2.22. The van der Waals surface area contributed by atoms with Crippen molar-refractivity contribution >= 4 is 21.5 Å². The fourth-order valence-corrected chi connectivity index (χ4v) is 2.33. The molecule has 0 saturated heterocycles. The molecular weight excluding hydrogens is 274 g/mol. The van der Waals surface area contributed by atoms with Crippen LogP contribution in [-0.2, 0) is 22.7 Å². The van der Waals surface area contributed by atoms with Gasteiger partial charge in [0.05, 0.1) is 12.3 Å². The van der Waals surface area contributed by atoms with Gasteiger partial charge in [-0.15, -0.1) is 0 Å². The van der Waals surface area contributed by atoms with Crippen molar-refractivity contribution < 1.29 is 8.42 Å². The summed E-state index contributed by atoms with van der Waals surface area (Å²) in [7, 11) is -3.01. The third kappa shape index (κ3) is 5.21. The Labute approximate surface area is 121 Å². The van der Waals surface area contributed by atoms with E-state index in [1.54, 1.807) is 0 Å². The van der Waals surface area contributed by atoms with Crippen LogP contribution < -0.4 is 11.1 Å². The summed E-state index contributed by atoms with van der Waals surface area (Å²) < 4.78 is 22.1. The third-order valence-electron chi connectivity index (χ3n) is 3.00. The van der Waals surface area contributed by atoms with E-state index < -0.39 is 9.84 Å². The average molecular weight is 297 g/mol. The lowest BCUT2D eigenvalue weighted by atomic mass is 10.0. The van der Waals surface area contributed by atoms with Gasteiger partial charge in [-0.1, -0.05) is 32.0 Å². The fraction of sp³-hybridized carbons (Fsp3) is 0.500. The van der Waals surface area contributed by atoms with Crippen LogP contribution in [0.25, 0.3) is 0 Å². The third-order valence-corrected chi connectivity index (χ3v) is 3.92. The number of rotatable bonds is 6. The molecule has 0 fully saturated rings. The van der Waals surface area contributed by atoms with Crippen LogP contribution in [-0.4, -0.2) is 32.9 Å². The molecule has 1 rings (SSSR count). The summed E-state index contributed by atoms with van der Waals surface area (Å²) >= 11 is 0. The number of nitrogens with one attached hydrogen (secondary N) is 1. The average Bonchev–Trinajstić information content (AvgIpc) is 2.37. The monoisotopic (exact) mass is 297 g/mol. The van der Waals surface area contributed by atoms with Crippen LogP contribution in [0.15, 0.2) is 23.2 Å². The largest absolute Gasteiger partial charge is 0.370 e. The predicted octanol–water partition coefficient (Wildman–Crippen LogP) is 1.58. The van der Waals surface area contributed by atoms with E-state index in [9.17, 15) is 8.42 Å². The molecule has 6 heteroatoms. The van der Waals surface area contributed by atoms with Gasteiger partial charge in [0, 0.05) is 11.9 Å². The number of aryl methyl sites for hydroxylation is 2. The van der Waals surface area contributed by atoms with E-state index in [1.165, 1.54) is 17.4 Å². The second-order valence-electron chi connectivity index (χ2n) is 4.68. The van der Waals surface area contributed by atoms with Gasteiger partial charge in [-0.3, -0.25) is 4.99 Å². The molecule has 0 unspecified atom stereocenters. The van der Waals surface area contributed by atoms with Crippen molar-refractivity contribution in [2.45, 2.75) is 26.7 Å². The summed E-state index contributed by atoms with van der Waals surface area (Å²) in [6, 6.07) is 6.12. The summed E-state index contributed by atoms with van der Waals surface area (Å²) in [5, 5.41) is 3.10. The minimum Gasteiger partial charge on any atom is -0.370 e. The van der Waals surface area contributed by atoms with Crippen molar-refractivity contribution in [1.82, 2.24) is 0 Å². The Morgan fingerprint density at radius 2 is 1.80 bits per heavy atom. The molecule has 0 aliphatic rings. The van der Waals surface area contributed by atoms with E-state index >= 15 is 0 Å². The zero-order valence-electron chi connectivity index (χ0n) is 12.3. The molecule has 5 nitrogen and oxygen atoms in total. The summed E-state index contributed by atoms with van der Waals surface area (Å²) in [5.41, 5.74) is 9.15. The van der Waals surface area contributed by atoms with Gasteiger partial charge in [0.2, 0.25) is 0 Å². The number of hydrogen-bond donors (Lipinski definition) is 2. The Balaban J connectivity index is 2.84. The maximum absolute atomic E-state index is 11.0. The Hall–Kier alpha value is -1.56. The maximum Gasteiger partial charge on any atom is 0.193 e. The van der Waals surface area contributed by atoms with E-state index in [0.717, 1.165) is 18.5 Å². The van der Waals surface area contributed by atoms with Gasteiger partial charge in [-0.05, 0) is 24.0 Å². The second kappa shape index (κ2) is 7.28. The highest BCUT2D eigenvalue weighted by molar-refractivity contribution is 7.90. The van der Waals surface area contributed by atoms with E-state index in [0.29, 0.717) is 0 Å². The van der Waals surface area contributed by atoms with E-state index in [4.69, 9.17) is 5.73 Å².